The monoisotopic (exact) mass is 219 g/mol. The van der Waals surface area contributed by atoms with E-state index in [2.05, 4.69) is 21.0 Å². The molecular weight excluding hydrogens is 214 g/mol. The van der Waals surface area contributed by atoms with Crippen LogP contribution in [0, 0.1) is 10.1 Å². The lowest BCUT2D eigenvalue weighted by atomic mass is 10.6. The third-order valence-electron chi connectivity index (χ3n) is 1.14. The molecule has 0 spiro atoms. The van der Waals surface area contributed by atoms with Gasteiger partial charge < -0.3 is 0 Å². The summed E-state index contributed by atoms with van der Waals surface area (Å²) < 4.78 is 1.52. The fourth-order valence-electron chi connectivity index (χ4n) is 0.656. The number of alkyl halides is 1. The standard InChI is InChI=1S/C5H6BrN3O2/c6-1-2-8-4-5(3-7-8)9(10)11/h3-4H,1-2H2. The zero-order valence-corrected chi connectivity index (χ0v) is 7.19. The van der Waals surface area contributed by atoms with Crippen LogP contribution in [0.25, 0.3) is 0 Å². The third-order valence-corrected chi connectivity index (χ3v) is 1.50. The van der Waals surface area contributed by atoms with Gasteiger partial charge in [0.25, 0.3) is 0 Å². The summed E-state index contributed by atoms with van der Waals surface area (Å²) in [4.78, 5) is 9.70. The Kier molecular flexibility index (Phi) is 2.58. The largest absolute Gasteiger partial charge is 0.306 e. The van der Waals surface area contributed by atoms with Crippen LogP contribution in [0.5, 0.6) is 0 Å². The summed E-state index contributed by atoms with van der Waals surface area (Å²) >= 11 is 3.20. The van der Waals surface area contributed by atoms with E-state index in [0.29, 0.717) is 6.54 Å². The average molecular weight is 220 g/mol. The minimum atomic E-state index is -0.461. The van der Waals surface area contributed by atoms with Crippen molar-refractivity contribution in [1.82, 2.24) is 9.78 Å². The van der Waals surface area contributed by atoms with Gasteiger partial charge in [-0.1, -0.05) is 15.9 Å². The molecule has 1 rings (SSSR count). The lowest BCUT2D eigenvalue weighted by Crippen LogP contribution is -1.98. The van der Waals surface area contributed by atoms with Crippen LogP contribution in [0.3, 0.4) is 0 Å². The van der Waals surface area contributed by atoms with Gasteiger partial charge in [-0.3, -0.25) is 14.8 Å². The van der Waals surface area contributed by atoms with Crippen molar-refractivity contribution >= 4 is 21.6 Å². The quantitative estimate of drug-likeness (QED) is 0.436. The Balaban J connectivity index is 2.73. The van der Waals surface area contributed by atoms with Crippen LogP contribution in [-0.4, -0.2) is 20.0 Å². The molecule has 11 heavy (non-hydrogen) atoms. The number of hydrogen-bond donors (Lipinski definition) is 0. The molecule has 0 fully saturated rings. The minimum Gasteiger partial charge on any atom is -0.265 e. The molecule has 1 aromatic rings. The lowest BCUT2D eigenvalue weighted by Gasteiger charge is -1.91. The van der Waals surface area contributed by atoms with Crippen LogP contribution in [0.15, 0.2) is 12.4 Å². The van der Waals surface area contributed by atoms with Crippen molar-refractivity contribution in [3.05, 3.63) is 22.5 Å². The molecule has 6 heteroatoms. The average Bonchev–Trinajstić information content (AvgIpc) is 2.37. The maximum absolute atomic E-state index is 10.2. The minimum absolute atomic E-state index is 0.0333. The van der Waals surface area contributed by atoms with E-state index in [-0.39, 0.29) is 5.69 Å². The van der Waals surface area contributed by atoms with Crippen LogP contribution in [0.2, 0.25) is 0 Å². The molecule has 0 amide bonds. The molecule has 0 unspecified atom stereocenters. The Labute approximate surface area is 71.3 Å². The van der Waals surface area contributed by atoms with Gasteiger partial charge in [-0.25, -0.2) is 0 Å². The molecule has 0 atom stereocenters. The second-order valence-electron chi connectivity index (χ2n) is 1.91. The van der Waals surface area contributed by atoms with E-state index < -0.39 is 4.92 Å². The number of halogens is 1. The predicted octanol–water partition coefficient (Wildman–Crippen LogP) is 1.19. The molecule has 0 N–H and O–H groups in total. The van der Waals surface area contributed by atoms with Crippen molar-refractivity contribution in [3.63, 3.8) is 0 Å². The third kappa shape index (κ3) is 2.01. The molecule has 0 bridgehead atoms. The Morgan fingerprint density at radius 1 is 1.82 bits per heavy atom. The molecule has 0 saturated heterocycles. The first-order valence-electron chi connectivity index (χ1n) is 2.97. The summed E-state index contributed by atoms with van der Waals surface area (Å²) in [6.07, 6.45) is 2.64. The number of aromatic nitrogens is 2. The van der Waals surface area contributed by atoms with Crippen molar-refractivity contribution in [2.24, 2.45) is 0 Å². The van der Waals surface area contributed by atoms with Crippen molar-refractivity contribution in [1.29, 1.82) is 0 Å². The fourth-order valence-corrected chi connectivity index (χ4v) is 1.02. The Morgan fingerprint density at radius 2 is 2.55 bits per heavy atom. The number of nitrogens with zero attached hydrogens (tertiary/aromatic N) is 3. The Hall–Kier alpha value is -0.910. The molecule has 0 radical (unpaired) electrons. The molecule has 0 aromatic carbocycles. The van der Waals surface area contributed by atoms with Crippen LogP contribution in [0.1, 0.15) is 0 Å². The highest BCUT2D eigenvalue weighted by Gasteiger charge is 2.07. The van der Waals surface area contributed by atoms with Gasteiger partial charge in [0.1, 0.15) is 12.4 Å². The molecule has 1 heterocycles. The van der Waals surface area contributed by atoms with Crippen LogP contribution < -0.4 is 0 Å². The van der Waals surface area contributed by atoms with Gasteiger partial charge in [-0.05, 0) is 0 Å². The van der Waals surface area contributed by atoms with Crippen LogP contribution in [0.4, 0.5) is 5.69 Å². The molecule has 5 nitrogen and oxygen atoms in total. The lowest BCUT2D eigenvalue weighted by molar-refractivity contribution is -0.385. The van der Waals surface area contributed by atoms with Gasteiger partial charge in [0.2, 0.25) is 0 Å². The van der Waals surface area contributed by atoms with Gasteiger partial charge in [0.05, 0.1) is 11.5 Å². The van der Waals surface area contributed by atoms with Crippen LogP contribution in [-0.2, 0) is 6.54 Å². The first kappa shape index (κ1) is 8.19. The van der Waals surface area contributed by atoms with Crippen molar-refractivity contribution in [3.8, 4) is 0 Å². The summed E-state index contributed by atoms with van der Waals surface area (Å²) in [6, 6.07) is 0. The molecular formula is C5H6BrN3O2. The summed E-state index contributed by atoms with van der Waals surface area (Å²) in [6.45, 7) is 0.647. The maximum Gasteiger partial charge on any atom is 0.306 e. The topological polar surface area (TPSA) is 61.0 Å². The van der Waals surface area contributed by atoms with E-state index in [9.17, 15) is 10.1 Å². The molecule has 0 aliphatic heterocycles. The summed E-state index contributed by atoms with van der Waals surface area (Å²) in [7, 11) is 0. The number of rotatable bonds is 3. The van der Waals surface area contributed by atoms with Crippen molar-refractivity contribution < 1.29 is 4.92 Å². The van der Waals surface area contributed by atoms with E-state index in [1.807, 2.05) is 0 Å². The van der Waals surface area contributed by atoms with E-state index in [0.717, 1.165) is 5.33 Å². The second-order valence-corrected chi connectivity index (χ2v) is 2.70. The van der Waals surface area contributed by atoms with E-state index in [4.69, 9.17) is 0 Å². The van der Waals surface area contributed by atoms with Gasteiger partial charge in [0.15, 0.2) is 0 Å². The Bertz CT molecular complexity index is 260. The molecule has 0 aliphatic carbocycles. The zero-order valence-electron chi connectivity index (χ0n) is 5.61. The highest BCUT2D eigenvalue weighted by Crippen LogP contribution is 2.07. The Morgan fingerprint density at radius 3 is 3.00 bits per heavy atom. The summed E-state index contributed by atoms with van der Waals surface area (Å²) in [5.74, 6) is 0. The van der Waals surface area contributed by atoms with Crippen molar-refractivity contribution in [2.45, 2.75) is 6.54 Å². The molecule has 60 valence electrons. The van der Waals surface area contributed by atoms with Crippen LogP contribution >= 0.6 is 15.9 Å². The van der Waals surface area contributed by atoms with Gasteiger partial charge >= 0.3 is 5.69 Å². The maximum atomic E-state index is 10.2. The highest BCUT2D eigenvalue weighted by atomic mass is 79.9. The smallest absolute Gasteiger partial charge is 0.265 e. The first-order chi connectivity index (χ1) is 5.24. The highest BCUT2D eigenvalue weighted by molar-refractivity contribution is 9.09. The second kappa shape index (κ2) is 3.47. The SMILES string of the molecule is O=[N+]([O-])c1cnn(CCBr)c1. The zero-order chi connectivity index (χ0) is 8.27. The normalized spacial score (nSPS) is 9.91. The number of aryl methyl sites for hydroxylation is 1. The van der Waals surface area contributed by atoms with Crippen molar-refractivity contribution in [2.75, 3.05) is 5.33 Å². The van der Waals surface area contributed by atoms with Gasteiger partial charge in [-0.15, -0.1) is 0 Å². The molecule has 0 aliphatic rings. The molecule has 1 aromatic heterocycles. The summed E-state index contributed by atoms with van der Waals surface area (Å²) in [5.41, 5.74) is 0.0333. The summed E-state index contributed by atoms with van der Waals surface area (Å²) in [5, 5.41) is 14.7. The fraction of sp³-hybridized carbons (Fsp3) is 0.400. The number of nitro groups is 1. The van der Waals surface area contributed by atoms with E-state index in [1.165, 1.54) is 17.1 Å². The van der Waals surface area contributed by atoms with E-state index in [1.54, 1.807) is 0 Å². The van der Waals surface area contributed by atoms with Gasteiger partial charge in [-0.2, -0.15) is 5.10 Å². The first-order valence-corrected chi connectivity index (χ1v) is 4.09. The number of hydrogen-bond acceptors (Lipinski definition) is 3. The van der Waals surface area contributed by atoms with E-state index >= 15 is 0 Å². The molecule has 0 saturated carbocycles. The van der Waals surface area contributed by atoms with Gasteiger partial charge in [0, 0.05) is 5.33 Å². The predicted molar refractivity (Wildman–Crippen MR) is 42.7 cm³/mol.